The molecule has 0 saturated heterocycles. The Morgan fingerprint density at radius 2 is 2.24 bits per heavy atom. The molecule has 0 bridgehead atoms. The van der Waals surface area contributed by atoms with Gasteiger partial charge in [-0.25, -0.2) is 0 Å². The Labute approximate surface area is 129 Å². The van der Waals surface area contributed by atoms with Gasteiger partial charge in [-0.15, -0.1) is 0 Å². The molecule has 0 aromatic carbocycles. The Kier molecular flexibility index (Phi) is 4.60. The summed E-state index contributed by atoms with van der Waals surface area (Å²) >= 11 is 1.29. The lowest BCUT2D eigenvalue weighted by Gasteiger charge is -2.28. The van der Waals surface area contributed by atoms with Crippen molar-refractivity contribution >= 4 is 11.3 Å². The molecule has 0 atom stereocenters. The number of aryl methyl sites for hydroxylation is 1. The molecule has 0 unspecified atom stereocenters. The van der Waals surface area contributed by atoms with Gasteiger partial charge in [0.15, 0.2) is 0 Å². The maximum atomic E-state index is 11.8. The van der Waals surface area contributed by atoms with Crippen molar-refractivity contribution < 1.29 is 4.42 Å². The normalized spacial score (nSPS) is 16.1. The van der Waals surface area contributed by atoms with E-state index in [1.54, 1.807) is 6.26 Å². The Hall–Kier alpha value is -1.33. The van der Waals surface area contributed by atoms with Gasteiger partial charge in [-0.2, -0.15) is 0 Å². The van der Waals surface area contributed by atoms with Crippen molar-refractivity contribution in [2.75, 3.05) is 6.54 Å². The molecule has 0 spiro atoms. The summed E-state index contributed by atoms with van der Waals surface area (Å²) in [5.74, 6) is 1.01. The lowest BCUT2D eigenvalue weighted by Crippen LogP contribution is -2.36. The van der Waals surface area contributed by atoms with Crippen molar-refractivity contribution in [1.29, 1.82) is 0 Å². The van der Waals surface area contributed by atoms with Gasteiger partial charge >= 0.3 is 4.87 Å². The molecule has 114 valence electrons. The molecule has 2 aromatic rings. The van der Waals surface area contributed by atoms with Crippen LogP contribution in [0.25, 0.3) is 0 Å². The molecule has 1 fully saturated rings. The maximum absolute atomic E-state index is 11.8. The summed E-state index contributed by atoms with van der Waals surface area (Å²) in [5, 5.41) is 1.94. The van der Waals surface area contributed by atoms with Crippen LogP contribution in [-0.2, 0) is 13.1 Å². The van der Waals surface area contributed by atoms with Crippen LogP contribution < -0.4 is 4.87 Å². The number of nitrogens with zero attached hydrogens (tertiary/aromatic N) is 2. The molecule has 0 radical (unpaired) electrons. The van der Waals surface area contributed by atoms with E-state index in [9.17, 15) is 4.79 Å². The van der Waals surface area contributed by atoms with Crippen LogP contribution in [0.3, 0.4) is 0 Å². The van der Waals surface area contributed by atoms with Crippen LogP contribution in [0.15, 0.2) is 33.0 Å². The number of rotatable bonds is 6. The highest BCUT2D eigenvalue weighted by atomic mass is 32.1. The van der Waals surface area contributed by atoms with Crippen LogP contribution in [0.1, 0.15) is 37.1 Å². The van der Waals surface area contributed by atoms with Crippen molar-refractivity contribution in [2.45, 2.75) is 51.7 Å². The maximum Gasteiger partial charge on any atom is 0.307 e. The molecule has 2 aromatic heterocycles. The highest BCUT2D eigenvalue weighted by molar-refractivity contribution is 7.07. The van der Waals surface area contributed by atoms with Crippen molar-refractivity contribution in [3.63, 3.8) is 0 Å². The number of aromatic nitrogens is 1. The number of furan rings is 1. The molecule has 0 amide bonds. The van der Waals surface area contributed by atoms with Gasteiger partial charge < -0.3 is 8.98 Å². The topological polar surface area (TPSA) is 38.4 Å². The summed E-state index contributed by atoms with van der Waals surface area (Å²) in [7, 11) is 0. The van der Waals surface area contributed by atoms with Gasteiger partial charge in [0.05, 0.1) is 12.8 Å². The Morgan fingerprint density at radius 3 is 2.86 bits per heavy atom. The van der Waals surface area contributed by atoms with Crippen LogP contribution in [0.4, 0.5) is 0 Å². The molecular formula is C16H22N2O2S. The molecule has 4 nitrogen and oxygen atoms in total. The number of thiazole rings is 1. The first-order valence-corrected chi connectivity index (χ1v) is 8.53. The second kappa shape index (κ2) is 6.62. The van der Waals surface area contributed by atoms with E-state index in [0.717, 1.165) is 31.1 Å². The number of hydrogen-bond acceptors (Lipinski definition) is 4. The Balaban J connectivity index is 1.68. The SMILES string of the molecule is Cc1csc(=O)n1CCN(Cc1ccco1)C1CCCC1. The highest BCUT2D eigenvalue weighted by Crippen LogP contribution is 2.25. The average molecular weight is 306 g/mol. The Bertz CT molecular complexity index is 609. The third-order valence-electron chi connectivity index (χ3n) is 4.37. The molecule has 21 heavy (non-hydrogen) atoms. The zero-order chi connectivity index (χ0) is 14.7. The molecule has 3 rings (SSSR count). The average Bonchev–Trinajstić information content (AvgIpc) is 3.20. The molecule has 1 aliphatic carbocycles. The second-order valence-electron chi connectivity index (χ2n) is 5.78. The van der Waals surface area contributed by atoms with E-state index in [-0.39, 0.29) is 4.87 Å². The summed E-state index contributed by atoms with van der Waals surface area (Å²) in [6.45, 7) is 4.52. The molecule has 0 aliphatic heterocycles. The predicted octanol–water partition coefficient (Wildman–Crippen LogP) is 3.26. The summed E-state index contributed by atoms with van der Waals surface area (Å²) < 4.78 is 7.38. The van der Waals surface area contributed by atoms with Gasteiger partial charge in [0, 0.05) is 30.2 Å². The van der Waals surface area contributed by atoms with Gasteiger partial charge in [0.2, 0.25) is 0 Å². The quantitative estimate of drug-likeness (QED) is 0.822. The predicted molar refractivity (Wildman–Crippen MR) is 84.7 cm³/mol. The first-order valence-electron chi connectivity index (χ1n) is 7.65. The minimum atomic E-state index is 0.150. The summed E-state index contributed by atoms with van der Waals surface area (Å²) in [4.78, 5) is 14.5. The van der Waals surface area contributed by atoms with Crippen LogP contribution in [0.2, 0.25) is 0 Å². The monoisotopic (exact) mass is 306 g/mol. The van der Waals surface area contributed by atoms with E-state index in [0.29, 0.717) is 6.04 Å². The van der Waals surface area contributed by atoms with Crippen LogP contribution in [0.5, 0.6) is 0 Å². The fourth-order valence-corrected chi connectivity index (χ4v) is 3.93. The summed E-state index contributed by atoms with van der Waals surface area (Å²) in [6, 6.07) is 4.60. The highest BCUT2D eigenvalue weighted by Gasteiger charge is 2.23. The Morgan fingerprint density at radius 1 is 1.43 bits per heavy atom. The van der Waals surface area contributed by atoms with E-state index >= 15 is 0 Å². The van der Waals surface area contributed by atoms with Crippen molar-refractivity contribution in [3.8, 4) is 0 Å². The molecule has 1 aliphatic rings. The third kappa shape index (κ3) is 3.47. The van der Waals surface area contributed by atoms with E-state index in [1.807, 2.05) is 29.0 Å². The molecular weight excluding hydrogens is 284 g/mol. The molecule has 2 heterocycles. The van der Waals surface area contributed by atoms with E-state index < -0.39 is 0 Å². The lowest BCUT2D eigenvalue weighted by atomic mass is 10.2. The largest absolute Gasteiger partial charge is 0.468 e. The first-order chi connectivity index (χ1) is 10.2. The lowest BCUT2D eigenvalue weighted by molar-refractivity contribution is 0.168. The van der Waals surface area contributed by atoms with Crippen molar-refractivity contribution in [2.24, 2.45) is 0 Å². The van der Waals surface area contributed by atoms with E-state index in [2.05, 4.69) is 4.90 Å². The zero-order valence-corrected chi connectivity index (χ0v) is 13.3. The first kappa shape index (κ1) is 14.6. The fourth-order valence-electron chi connectivity index (χ4n) is 3.17. The third-order valence-corrected chi connectivity index (χ3v) is 5.25. The van der Waals surface area contributed by atoms with Crippen LogP contribution in [0, 0.1) is 6.92 Å². The summed E-state index contributed by atoms with van der Waals surface area (Å²) in [6.07, 6.45) is 6.89. The minimum absolute atomic E-state index is 0.150. The van der Waals surface area contributed by atoms with E-state index in [1.165, 1.54) is 37.0 Å². The van der Waals surface area contributed by atoms with Gasteiger partial charge in [-0.3, -0.25) is 9.69 Å². The standard InChI is InChI=1S/C16H22N2O2S/c1-13-12-21-16(19)18(13)9-8-17(14-5-2-3-6-14)11-15-7-4-10-20-15/h4,7,10,12,14H,2-3,5-6,8-9,11H2,1H3. The molecule has 0 N–H and O–H groups in total. The van der Waals surface area contributed by atoms with Gasteiger partial charge in [-0.05, 0) is 31.9 Å². The fraction of sp³-hybridized carbons (Fsp3) is 0.562. The van der Waals surface area contributed by atoms with Gasteiger partial charge in [0.1, 0.15) is 5.76 Å². The van der Waals surface area contributed by atoms with E-state index in [4.69, 9.17) is 4.42 Å². The van der Waals surface area contributed by atoms with Gasteiger partial charge in [-0.1, -0.05) is 24.2 Å². The molecule has 1 saturated carbocycles. The smallest absolute Gasteiger partial charge is 0.307 e. The van der Waals surface area contributed by atoms with Crippen LogP contribution in [-0.4, -0.2) is 22.1 Å². The number of hydrogen-bond donors (Lipinski definition) is 0. The summed E-state index contributed by atoms with van der Waals surface area (Å²) in [5.41, 5.74) is 1.06. The van der Waals surface area contributed by atoms with Crippen molar-refractivity contribution in [3.05, 3.63) is 44.9 Å². The minimum Gasteiger partial charge on any atom is -0.468 e. The van der Waals surface area contributed by atoms with Gasteiger partial charge in [0.25, 0.3) is 0 Å². The zero-order valence-electron chi connectivity index (χ0n) is 12.5. The van der Waals surface area contributed by atoms with Crippen LogP contribution >= 0.6 is 11.3 Å². The second-order valence-corrected chi connectivity index (χ2v) is 6.60. The van der Waals surface area contributed by atoms with Crippen molar-refractivity contribution in [1.82, 2.24) is 9.47 Å². The molecule has 5 heteroatoms.